The summed E-state index contributed by atoms with van der Waals surface area (Å²) < 4.78 is 0. The van der Waals surface area contributed by atoms with Gasteiger partial charge >= 0.3 is 0 Å². The van der Waals surface area contributed by atoms with Crippen molar-refractivity contribution in [3.05, 3.63) is 0 Å². The van der Waals surface area contributed by atoms with Gasteiger partial charge in [-0.1, -0.05) is 32.1 Å². The second kappa shape index (κ2) is 7.52. The molecule has 8 unspecified atom stereocenters. The van der Waals surface area contributed by atoms with Crippen molar-refractivity contribution in [2.24, 2.45) is 52.9 Å². The van der Waals surface area contributed by atoms with Crippen molar-refractivity contribution >= 4 is 23.4 Å². The summed E-state index contributed by atoms with van der Waals surface area (Å²) in [4.78, 5) is 54.7. The lowest BCUT2D eigenvalue weighted by molar-refractivity contribution is -0.157. The third-order valence-electron chi connectivity index (χ3n) is 8.85. The van der Waals surface area contributed by atoms with Crippen LogP contribution < -0.4 is 11.5 Å². The molecule has 5 fully saturated rings. The Hall–Kier alpha value is -1.60. The molecule has 4 N–H and O–H groups in total. The standard InChI is InChI=1S/C23H33N3O4/c24-18-14-15(21(28)13-9-5-4-8-12(13)20(14)27)19(25)17-16(18)22(29)26(23(17)30)10-11-6-2-1-3-7-11/h11-19H,1-10,24-25H2. The number of rotatable bonds is 2. The van der Waals surface area contributed by atoms with Gasteiger partial charge in [-0.05, 0) is 31.6 Å². The second-order valence-corrected chi connectivity index (χ2v) is 10.4. The Morgan fingerprint density at radius 2 is 1.07 bits per heavy atom. The number of likely N-dealkylation sites (tertiary alicyclic amines) is 1. The van der Waals surface area contributed by atoms with Crippen LogP contribution in [0.4, 0.5) is 0 Å². The Morgan fingerprint density at radius 3 is 1.53 bits per heavy atom. The molecule has 0 bridgehead atoms. The van der Waals surface area contributed by atoms with E-state index in [0.29, 0.717) is 12.5 Å². The van der Waals surface area contributed by atoms with Crippen molar-refractivity contribution in [2.45, 2.75) is 69.9 Å². The van der Waals surface area contributed by atoms with Gasteiger partial charge in [0, 0.05) is 42.3 Å². The number of nitrogens with two attached hydrogens (primary N) is 2. The van der Waals surface area contributed by atoms with Crippen LogP contribution in [0.25, 0.3) is 0 Å². The highest BCUT2D eigenvalue weighted by atomic mass is 16.2. The van der Waals surface area contributed by atoms with Gasteiger partial charge in [0.1, 0.15) is 11.6 Å². The number of nitrogens with zero attached hydrogens (tertiary/aromatic N) is 1. The maximum absolute atomic E-state index is 13.4. The van der Waals surface area contributed by atoms with Crippen LogP contribution in [0.15, 0.2) is 0 Å². The fourth-order valence-corrected chi connectivity index (χ4v) is 7.36. The summed E-state index contributed by atoms with van der Waals surface area (Å²) in [6.45, 7) is 0.423. The van der Waals surface area contributed by atoms with Crippen LogP contribution in [-0.4, -0.2) is 46.9 Å². The lowest BCUT2D eigenvalue weighted by atomic mass is 9.52. The number of Topliss-reactive ketones (excluding diaryl/α,β-unsaturated/α-hetero) is 2. The number of amides is 2. The molecular weight excluding hydrogens is 382 g/mol. The smallest absolute Gasteiger partial charge is 0.234 e. The molecule has 0 aromatic carbocycles. The Morgan fingerprint density at radius 1 is 0.633 bits per heavy atom. The predicted octanol–water partition coefficient (Wildman–Crippen LogP) is 1.03. The highest BCUT2D eigenvalue weighted by molar-refractivity contribution is 6.09. The zero-order valence-corrected chi connectivity index (χ0v) is 17.5. The van der Waals surface area contributed by atoms with Gasteiger partial charge < -0.3 is 11.5 Å². The molecule has 1 saturated heterocycles. The van der Waals surface area contributed by atoms with Crippen LogP contribution in [0.2, 0.25) is 0 Å². The molecule has 0 radical (unpaired) electrons. The van der Waals surface area contributed by atoms with Crippen LogP contribution >= 0.6 is 0 Å². The maximum Gasteiger partial charge on any atom is 0.234 e. The molecule has 164 valence electrons. The average Bonchev–Trinajstić information content (AvgIpc) is 3.00. The van der Waals surface area contributed by atoms with Gasteiger partial charge in [0.05, 0.1) is 11.8 Å². The molecule has 7 nitrogen and oxygen atoms in total. The fourth-order valence-electron chi connectivity index (χ4n) is 7.36. The molecule has 4 saturated carbocycles. The molecule has 0 spiro atoms. The van der Waals surface area contributed by atoms with E-state index < -0.39 is 35.8 Å². The number of carbonyl (C=O) groups is 4. The normalized spacial score (nSPS) is 44.7. The van der Waals surface area contributed by atoms with Gasteiger partial charge in [0.2, 0.25) is 11.8 Å². The molecule has 1 aliphatic heterocycles. The number of hydrogen-bond acceptors (Lipinski definition) is 6. The predicted molar refractivity (Wildman–Crippen MR) is 109 cm³/mol. The van der Waals surface area contributed by atoms with Crippen LogP contribution in [-0.2, 0) is 19.2 Å². The van der Waals surface area contributed by atoms with Crippen molar-refractivity contribution < 1.29 is 19.2 Å². The number of ketones is 2. The fraction of sp³-hybridized carbons (Fsp3) is 0.826. The van der Waals surface area contributed by atoms with E-state index in [0.717, 1.165) is 51.4 Å². The average molecular weight is 416 g/mol. The van der Waals surface area contributed by atoms with E-state index in [2.05, 4.69) is 0 Å². The van der Waals surface area contributed by atoms with Crippen molar-refractivity contribution in [1.29, 1.82) is 0 Å². The SMILES string of the molecule is NC1C2C(=O)C3CCCCC3C(=O)C2C(N)C2C(=O)N(CC3CCCCC3)C(=O)C12. The summed E-state index contributed by atoms with van der Waals surface area (Å²) in [5, 5.41) is 0. The number of fused-ring (bicyclic) bond motifs is 3. The first-order valence-electron chi connectivity index (χ1n) is 11.9. The Balaban J connectivity index is 1.45. The minimum Gasteiger partial charge on any atom is -0.326 e. The lowest BCUT2D eigenvalue weighted by Crippen LogP contribution is -2.67. The summed E-state index contributed by atoms with van der Waals surface area (Å²) in [6, 6.07) is -1.60. The van der Waals surface area contributed by atoms with Crippen molar-refractivity contribution in [3.8, 4) is 0 Å². The van der Waals surface area contributed by atoms with Crippen molar-refractivity contribution in [3.63, 3.8) is 0 Å². The highest BCUT2D eigenvalue weighted by Crippen LogP contribution is 2.50. The minimum atomic E-state index is -0.799. The Kier molecular flexibility index (Phi) is 5.09. The van der Waals surface area contributed by atoms with E-state index in [1.165, 1.54) is 11.3 Å². The van der Waals surface area contributed by atoms with Crippen LogP contribution in [0, 0.1) is 41.4 Å². The molecular formula is C23H33N3O4. The molecule has 1 heterocycles. The first kappa shape index (κ1) is 20.3. The van der Waals surface area contributed by atoms with Crippen LogP contribution in [0.3, 0.4) is 0 Å². The molecule has 2 amide bonds. The zero-order valence-electron chi connectivity index (χ0n) is 17.5. The van der Waals surface area contributed by atoms with E-state index in [4.69, 9.17) is 11.5 Å². The molecule has 0 aromatic rings. The molecule has 8 atom stereocenters. The summed E-state index contributed by atoms with van der Waals surface area (Å²) in [5.41, 5.74) is 13.1. The van der Waals surface area contributed by atoms with Gasteiger partial charge in [0.25, 0.3) is 0 Å². The zero-order chi connectivity index (χ0) is 21.2. The molecule has 0 aromatic heterocycles. The van der Waals surface area contributed by atoms with E-state index in [-0.39, 0.29) is 35.2 Å². The molecule has 4 aliphatic carbocycles. The molecule has 5 rings (SSSR count). The van der Waals surface area contributed by atoms with Gasteiger partial charge in [-0.25, -0.2) is 0 Å². The van der Waals surface area contributed by atoms with Crippen LogP contribution in [0.5, 0.6) is 0 Å². The Labute approximate surface area is 177 Å². The number of imide groups is 1. The summed E-state index contributed by atoms with van der Waals surface area (Å²) in [6.07, 6.45) is 8.83. The molecule has 7 heteroatoms. The lowest BCUT2D eigenvalue weighted by Gasteiger charge is -2.50. The monoisotopic (exact) mass is 415 g/mol. The van der Waals surface area contributed by atoms with E-state index >= 15 is 0 Å². The van der Waals surface area contributed by atoms with Gasteiger partial charge in [-0.2, -0.15) is 0 Å². The first-order valence-corrected chi connectivity index (χ1v) is 11.9. The van der Waals surface area contributed by atoms with Crippen LogP contribution in [0.1, 0.15) is 57.8 Å². The van der Waals surface area contributed by atoms with E-state index in [9.17, 15) is 19.2 Å². The number of hydrogen-bond donors (Lipinski definition) is 2. The largest absolute Gasteiger partial charge is 0.326 e. The summed E-state index contributed by atoms with van der Waals surface area (Å²) in [5.74, 6) is -3.75. The minimum absolute atomic E-state index is 0.0108. The van der Waals surface area contributed by atoms with Crippen molar-refractivity contribution in [2.75, 3.05) is 6.54 Å². The Bertz CT molecular complexity index is 722. The second-order valence-electron chi connectivity index (χ2n) is 10.4. The van der Waals surface area contributed by atoms with E-state index in [1.807, 2.05) is 0 Å². The summed E-state index contributed by atoms with van der Waals surface area (Å²) >= 11 is 0. The quantitative estimate of drug-likeness (QED) is 0.649. The third kappa shape index (κ3) is 2.84. The van der Waals surface area contributed by atoms with Gasteiger partial charge in [0.15, 0.2) is 0 Å². The topological polar surface area (TPSA) is 124 Å². The van der Waals surface area contributed by atoms with Gasteiger partial charge in [-0.15, -0.1) is 0 Å². The first-order chi connectivity index (χ1) is 14.4. The van der Waals surface area contributed by atoms with Gasteiger partial charge in [-0.3, -0.25) is 24.1 Å². The summed E-state index contributed by atoms with van der Waals surface area (Å²) in [7, 11) is 0. The highest BCUT2D eigenvalue weighted by Gasteiger charge is 2.65. The maximum atomic E-state index is 13.4. The van der Waals surface area contributed by atoms with Crippen molar-refractivity contribution in [1.82, 2.24) is 4.90 Å². The molecule has 5 aliphatic rings. The molecule has 30 heavy (non-hydrogen) atoms. The number of carbonyl (C=O) groups excluding carboxylic acids is 4. The third-order valence-corrected chi connectivity index (χ3v) is 8.85. The van der Waals surface area contributed by atoms with E-state index in [1.54, 1.807) is 0 Å².